The fourth-order valence-electron chi connectivity index (χ4n) is 1.36. The van der Waals surface area contributed by atoms with Crippen LogP contribution in [0.25, 0.3) is 0 Å². The standard InChI is InChI=1S/C11H14O3.K.H/c1-2-3-4-8-7-9(12)5-6-10(8)11(13)14;;/h5-7,12H,2-4H2,1H3,(H,13,14);;/q;+1;-1. The first-order valence-corrected chi connectivity index (χ1v) is 4.70. The van der Waals surface area contributed by atoms with Crippen LogP contribution in [0.2, 0.25) is 0 Å². The maximum Gasteiger partial charge on any atom is 1.00 e. The third kappa shape index (κ3) is 4.65. The van der Waals surface area contributed by atoms with Gasteiger partial charge in [-0.2, -0.15) is 0 Å². The summed E-state index contributed by atoms with van der Waals surface area (Å²) in [4.78, 5) is 10.8. The molecular weight excluding hydrogens is 219 g/mol. The van der Waals surface area contributed by atoms with Gasteiger partial charge in [0.2, 0.25) is 0 Å². The van der Waals surface area contributed by atoms with E-state index in [0.29, 0.717) is 12.0 Å². The van der Waals surface area contributed by atoms with Crippen LogP contribution in [0.3, 0.4) is 0 Å². The van der Waals surface area contributed by atoms with Gasteiger partial charge in [-0.15, -0.1) is 0 Å². The Hall–Kier alpha value is 0.126. The van der Waals surface area contributed by atoms with Crippen LogP contribution in [0.4, 0.5) is 0 Å². The third-order valence-electron chi connectivity index (χ3n) is 2.12. The maximum atomic E-state index is 10.8. The molecule has 0 aliphatic carbocycles. The number of carboxylic acid groups (broad SMARTS) is 1. The molecule has 2 N–H and O–H groups in total. The van der Waals surface area contributed by atoms with Gasteiger partial charge in [-0.1, -0.05) is 13.3 Å². The van der Waals surface area contributed by atoms with Crippen LogP contribution in [0.5, 0.6) is 5.75 Å². The van der Waals surface area contributed by atoms with Crippen molar-refractivity contribution in [3.63, 3.8) is 0 Å². The number of benzene rings is 1. The van der Waals surface area contributed by atoms with E-state index in [4.69, 9.17) is 5.11 Å². The van der Waals surface area contributed by atoms with Gasteiger partial charge in [-0.25, -0.2) is 4.79 Å². The average Bonchev–Trinajstić information content (AvgIpc) is 2.14. The van der Waals surface area contributed by atoms with Crippen molar-refractivity contribution in [2.45, 2.75) is 26.2 Å². The van der Waals surface area contributed by atoms with Gasteiger partial charge in [0.15, 0.2) is 0 Å². The summed E-state index contributed by atoms with van der Waals surface area (Å²) in [5, 5.41) is 18.1. The number of carboxylic acids is 1. The summed E-state index contributed by atoms with van der Waals surface area (Å²) in [5.74, 6) is -0.808. The number of unbranched alkanes of at least 4 members (excludes halogenated alkanes) is 1. The number of aromatic carboxylic acids is 1. The second-order valence-corrected chi connectivity index (χ2v) is 3.25. The quantitative estimate of drug-likeness (QED) is 0.694. The monoisotopic (exact) mass is 234 g/mol. The summed E-state index contributed by atoms with van der Waals surface area (Å²) >= 11 is 0. The molecule has 4 heteroatoms. The van der Waals surface area contributed by atoms with Crippen LogP contribution in [0.1, 0.15) is 37.1 Å². The van der Waals surface area contributed by atoms with Crippen molar-refractivity contribution >= 4 is 5.97 Å². The molecule has 0 atom stereocenters. The van der Waals surface area contributed by atoms with E-state index in [9.17, 15) is 9.90 Å². The number of hydrogen-bond donors (Lipinski definition) is 2. The van der Waals surface area contributed by atoms with Crippen molar-refractivity contribution in [1.29, 1.82) is 0 Å². The van der Waals surface area contributed by atoms with E-state index in [-0.39, 0.29) is 64.1 Å². The van der Waals surface area contributed by atoms with Crippen molar-refractivity contribution in [2.75, 3.05) is 0 Å². The van der Waals surface area contributed by atoms with Gasteiger partial charge in [0.05, 0.1) is 5.56 Å². The van der Waals surface area contributed by atoms with Crippen LogP contribution in [-0.4, -0.2) is 16.2 Å². The van der Waals surface area contributed by atoms with Gasteiger partial charge in [0, 0.05) is 0 Å². The number of aryl methyl sites for hydroxylation is 1. The molecule has 15 heavy (non-hydrogen) atoms. The summed E-state index contributed by atoms with van der Waals surface area (Å²) < 4.78 is 0. The first-order chi connectivity index (χ1) is 6.65. The Morgan fingerprint density at radius 3 is 2.67 bits per heavy atom. The minimum atomic E-state index is -0.934. The molecule has 0 aromatic heterocycles. The topological polar surface area (TPSA) is 57.5 Å². The number of carbonyl (C=O) groups is 1. The van der Waals surface area contributed by atoms with Gasteiger partial charge >= 0.3 is 57.4 Å². The number of phenols is 1. The molecule has 0 aliphatic heterocycles. The second kappa shape index (κ2) is 7.41. The molecule has 0 saturated heterocycles. The first-order valence-electron chi connectivity index (χ1n) is 4.70. The summed E-state index contributed by atoms with van der Waals surface area (Å²) in [6, 6.07) is 4.38. The fraction of sp³-hybridized carbons (Fsp3) is 0.364. The predicted octanol–water partition coefficient (Wildman–Crippen LogP) is -0.450. The van der Waals surface area contributed by atoms with Crippen LogP contribution in [0.15, 0.2) is 18.2 Å². The second-order valence-electron chi connectivity index (χ2n) is 3.25. The maximum absolute atomic E-state index is 10.8. The van der Waals surface area contributed by atoms with Crippen molar-refractivity contribution in [2.24, 2.45) is 0 Å². The predicted molar refractivity (Wildman–Crippen MR) is 54.8 cm³/mol. The zero-order chi connectivity index (χ0) is 10.6. The van der Waals surface area contributed by atoms with E-state index < -0.39 is 5.97 Å². The minimum absolute atomic E-state index is 0. The van der Waals surface area contributed by atoms with E-state index >= 15 is 0 Å². The average molecular weight is 234 g/mol. The minimum Gasteiger partial charge on any atom is -1.00 e. The number of hydrogen-bond acceptors (Lipinski definition) is 2. The largest absolute Gasteiger partial charge is 1.00 e. The molecule has 0 fully saturated rings. The fourth-order valence-corrected chi connectivity index (χ4v) is 1.36. The molecule has 1 aromatic carbocycles. The molecule has 0 heterocycles. The smallest absolute Gasteiger partial charge is 1.00 e. The Morgan fingerprint density at radius 2 is 2.13 bits per heavy atom. The molecule has 3 nitrogen and oxygen atoms in total. The molecule has 0 saturated carbocycles. The van der Waals surface area contributed by atoms with E-state index in [2.05, 4.69) is 0 Å². The van der Waals surface area contributed by atoms with Crippen LogP contribution < -0.4 is 51.4 Å². The zero-order valence-corrected chi connectivity index (χ0v) is 12.3. The normalized spacial score (nSPS) is 9.40. The van der Waals surface area contributed by atoms with Crippen LogP contribution in [0, 0.1) is 0 Å². The SMILES string of the molecule is CCCCc1cc(O)ccc1C(=O)O.[H-].[K+]. The summed E-state index contributed by atoms with van der Waals surface area (Å²) in [5.41, 5.74) is 0.996. The Balaban J connectivity index is 0. The zero-order valence-electron chi connectivity index (χ0n) is 10.2. The van der Waals surface area contributed by atoms with Crippen molar-refractivity contribution in [3.8, 4) is 5.75 Å². The summed E-state index contributed by atoms with van der Waals surface area (Å²) in [6.07, 6.45) is 2.64. The van der Waals surface area contributed by atoms with Crippen LogP contribution >= 0.6 is 0 Å². The Morgan fingerprint density at radius 1 is 1.47 bits per heavy atom. The molecule has 0 bridgehead atoms. The molecule has 0 aliphatic rings. The van der Waals surface area contributed by atoms with Crippen molar-refractivity contribution < 1.29 is 67.8 Å². The Kier molecular flexibility index (Phi) is 7.47. The number of aromatic hydroxyl groups is 1. The van der Waals surface area contributed by atoms with E-state index in [1.165, 1.54) is 18.2 Å². The van der Waals surface area contributed by atoms with Gasteiger partial charge in [0.25, 0.3) is 0 Å². The Bertz CT molecular complexity index is 342. The van der Waals surface area contributed by atoms with Crippen molar-refractivity contribution in [3.05, 3.63) is 29.3 Å². The molecule has 0 spiro atoms. The summed E-state index contributed by atoms with van der Waals surface area (Å²) in [6.45, 7) is 2.04. The molecular formula is C11H15KO3. The molecule has 0 radical (unpaired) electrons. The first kappa shape index (κ1) is 15.1. The molecule has 1 aromatic rings. The third-order valence-corrected chi connectivity index (χ3v) is 2.12. The van der Waals surface area contributed by atoms with Gasteiger partial charge < -0.3 is 11.6 Å². The van der Waals surface area contributed by atoms with Gasteiger partial charge in [-0.3, -0.25) is 0 Å². The number of phenolic OH excluding ortho intramolecular Hbond substituents is 1. The van der Waals surface area contributed by atoms with E-state index in [1.807, 2.05) is 6.92 Å². The number of rotatable bonds is 4. The van der Waals surface area contributed by atoms with Crippen LogP contribution in [-0.2, 0) is 6.42 Å². The molecule has 0 amide bonds. The van der Waals surface area contributed by atoms with Crippen molar-refractivity contribution in [1.82, 2.24) is 0 Å². The Labute approximate surface area is 133 Å². The van der Waals surface area contributed by atoms with Gasteiger partial charge in [0.1, 0.15) is 5.75 Å². The molecule has 78 valence electrons. The molecule has 0 unspecified atom stereocenters. The van der Waals surface area contributed by atoms with E-state index in [1.54, 1.807) is 0 Å². The summed E-state index contributed by atoms with van der Waals surface area (Å²) in [7, 11) is 0. The molecule has 1 rings (SSSR count). The van der Waals surface area contributed by atoms with Gasteiger partial charge in [-0.05, 0) is 36.6 Å². The van der Waals surface area contributed by atoms with E-state index in [0.717, 1.165) is 12.8 Å².